The molecule has 1 aromatic carbocycles. The quantitative estimate of drug-likeness (QED) is 0.499. The van der Waals surface area contributed by atoms with Crippen LogP contribution in [0.2, 0.25) is 0 Å². The number of rotatable bonds is 8. The first-order chi connectivity index (χ1) is 14.5. The van der Waals surface area contributed by atoms with Crippen molar-refractivity contribution in [3.05, 3.63) is 29.3 Å². The summed E-state index contributed by atoms with van der Waals surface area (Å²) >= 11 is 0. The average molecular weight is 418 g/mol. The van der Waals surface area contributed by atoms with Gasteiger partial charge in [-0.2, -0.15) is 0 Å². The molecule has 0 heterocycles. The molecule has 0 spiro atoms. The number of esters is 1. The molecule has 5 atom stereocenters. The van der Waals surface area contributed by atoms with Crippen molar-refractivity contribution < 1.29 is 24.1 Å². The Hall–Kier alpha value is -1.63. The van der Waals surface area contributed by atoms with Crippen molar-refractivity contribution in [1.82, 2.24) is 0 Å². The lowest BCUT2D eigenvalue weighted by Crippen LogP contribution is -2.45. The van der Waals surface area contributed by atoms with Gasteiger partial charge in [-0.25, -0.2) is 4.79 Å². The third-order valence-electron chi connectivity index (χ3n) is 7.75. The number of carbonyl (C=O) groups is 1. The fourth-order valence-electron chi connectivity index (χ4n) is 6.37. The molecular formula is C24H35NO5. The summed E-state index contributed by atoms with van der Waals surface area (Å²) in [5.74, 6) is 1.89. The number of aromatic hydroxyl groups is 1. The molecule has 6 heteroatoms. The molecule has 3 aliphatic carbocycles. The number of nitrogens with two attached hydrogens (primary N) is 1. The van der Waals surface area contributed by atoms with Crippen molar-refractivity contribution in [2.45, 2.75) is 57.5 Å². The molecule has 3 aliphatic rings. The maximum absolute atomic E-state index is 12.4. The van der Waals surface area contributed by atoms with Gasteiger partial charge in [0.2, 0.25) is 0 Å². The standard InChI is InChI=1S/C24H35NO5/c1-24-9-8-19-18-5-3-17(26)14-16(18)2-4-20(19)21(24)6-7-22(24)30-23(27)15-29-13-12-28-11-10-25/h3,5,14,19-22,26H,2,4,6-13,15,25H2,1H3/t19-,20?,21+,22+,24+/m1/s1. The van der Waals surface area contributed by atoms with E-state index in [1.54, 1.807) is 0 Å². The van der Waals surface area contributed by atoms with Crippen molar-refractivity contribution in [1.29, 1.82) is 0 Å². The van der Waals surface area contributed by atoms with Gasteiger partial charge in [-0.05, 0) is 79.5 Å². The number of benzene rings is 1. The van der Waals surface area contributed by atoms with Gasteiger partial charge in [-0.15, -0.1) is 0 Å². The zero-order chi connectivity index (χ0) is 21.1. The van der Waals surface area contributed by atoms with E-state index < -0.39 is 0 Å². The SMILES string of the molecule is C[C@]12CC[C@@H]3c4ccc(O)cc4CCC3[C@@H]1CC[C@@H]2OC(=O)COCCOCCN. The second-order valence-electron chi connectivity index (χ2n) is 9.35. The Labute approximate surface area is 179 Å². The molecule has 6 nitrogen and oxygen atoms in total. The maximum Gasteiger partial charge on any atom is 0.332 e. The van der Waals surface area contributed by atoms with Crippen LogP contribution in [-0.4, -0.2) is 50.2 Å². The highest BCUT2D eigenvalue weighted by molar-refractivity contribution is 5.71. The minimum atomic E-state index is -0.271. The Kier molecular flexibility index (Phi) is 6.66. The first-order valence-corrected chi connectivity index (χ1v) is 11.4. The molecule has 3 N–H and O–H groups in total. The Morgan fingerprint density at radius 1 is 1.17 bits per heavy atom. The van der Waals surface area contributed by atoms with E-state index in [9.17, 15) is 9.90 Å². The van der Waals surface area contributed by atoms with Crippen LogP contribution in [0.15, 0.2) is 18.2 Å². The number of hydrogen-bond donors (Lipinski definition) is 2. The normalized spacial score (nSPS) is 32.2. The van der Waals surface area contributed by atoms with Crippen LogP contribution in [0.25, 0.3) is 0 Å². The largest absolute Gasteiger partial charge is 0.508 e. The van der Waals surface area contributed by atoms with Crippen LogP contribution in [0.4, 0.5) is 0 Å². The fraction of sp³-hybridized carbons (Fsp3) is 0.708. The first-order valence-electron chi connectivity index (χ1n) is 11.4. The minimum absolute atomic E-state index is 0.0192. The Morgan fingerprint density at radius 3 is 2.83 bits per heavy atom. The topological polar surface area (TPSA) is 91.0 Å². The van der Waals surface area contributed by atoms with Crippen molar-refractivity contribution in [3.63, 3.8) is 0 Å². The lowest BCUT2D eigenvalue weighted by atomic mass is 9.55. The molecule has 166 valence electrons. The molecule has 4 rings (SSSR count). The van der Waals surface area contributed by atoms with E-state index in [-0.39, 0.29) is 24.1 Å². The van der Waals surface area contributed by atoms with Gasteiger partial charge in [0.15, 0.2) is 0 Å². The predicted octanol–water partition coefficient (Wildman–Crippen LogP) is 3.15. The highest BCUT2D eigenvalue weighted by atomic mass is 16.6. The first kappa shape index (κ1) is 21.6. The van der Waals surface area contributed by atoms with Crippen molar-refractivity contribution in [2.24, 2.45) is 23.0 Å². The molecule has 0 aliphatic heterocycles. The monoisotopic (exact) mass is 417 g/mol. The lowest BCUT2D eigenvalue weighted by Gasteiger charge is -2.50. The number of aryl methyl sites for hydroxylation is 1. The second-order valence-corrected chi connectivity index (χ2v) is 9.35. The van der Waals surface area contributed by atoms with E-state index in [1.807, 2.05) is 12.1 Å². The third kappa shape index (κ3) is 4.23. The zero-order valence-corrected chi connectivity index (χ0v) is 18.0. The molecule has 0 aromatic heterocycles. The van der Waals surface area contributed by atoms with Gasteiger partial charge in [0, 0.05) is 12.0 Å². The minimum Gasteiger partial charge on any atom is -0.508 e. The molecule has 2 fully saturated rings. The summed E-state index contributed by atoms with van der Waals surface area (Å²) in [4.78, 5) is 12.4. The van der Waals surface area contributed by atoms with Gasteiger partial charge in [0.05, 0.1) is 19.8 Å². The number of hydrogen-bond acceptors (Lipinski definition) is 6. The van der Waals surface area contributed by atoms with Crippen molar-refractivity contribution in [3.8, 4) is 5.75 Å². The van der Waals surface area contributed by atoms with Gasteiger partial charge in [0.25, 0.3) is 0 Å². The van der Waals surface area contributed by atoms with Crippen LogP contribution >= 0.6 is 0 Å². The molecule has 1 aromatic rings. The van der Waals surface area contributed by atoms with Gasteiger partial charge in [-0.1, -0.05) is 13.0 Å². The Morgan fingerprint density at radius 2 is 2.00 bits per heavy atom. The van der Waals surface area contributed by atoms with Gasteiger partial charge in [0.1, 0.15) is 18.5 Å². The molecule has 0 radical (unpaired) electrons. The number of carbonyl (C=O) groups excluding carboxylic acids is 1. The lowest BCUT2D eigenvalue weighted by molar-refractivity contribution is -0.163. The predicted molar refractivity (Wildman–Crippen MR) is 113 cm³/mol. The molecule has 0 saturated heterocycles. The van der Waals surface area contributed by atoms with Gasteiger partial charge < -0.3 is 25.1 Å². The van der Waals surface area contributed by atoms with Crippen LogP contribution in [0.3, 0.4) is 0 Å². The summed E-state index contributed by atoms with van der Waals surface area (Å²) in [5.41, 5.74) is 8.16. The Bertz CT molecular complexity index is 753. The van der Waals surface area contributed by atoms with E-state index in [2.05, 4.69) is 13.0 Å². The van der Waals surface area contributed by atoms with Gasteiger partial charge in [-0.3, -0.25) is 0 Å². The van der Waals surface area contributed by atoms with E-state index in [0.717, 1.165) is 38.5 Å². The summed E-state index contributed by atoms with van der Waals surface area (Å²) in [6, 6.07) is 5.90. The molecule has 2 saturated carbocycles. The van der Waals surface area contributed by atoms with Crippen LogP contribution in [-0.2, 0) is 25.4 Å². The van der Waals surface area contributed by atoms with E-state index in [0.29, 0.717) is 49.9 Å². The van der Waals surface area contributed by atoms with Crippen LogP contribution < -0.4 is 5.73 Å². The van der Waals surface area contributed by atoms with Crippen LogP contribution in [0.1, 0.15) is 56.1 Å². The highest BCUT2D eigenvalue weighted by Gasteiger charge is 2.56. The number of fused-ring (bicyclic) bond motifs is 5. The molecule has 0 amide bonds. The zero-order valence-electron chi connectivity index (χ0n) is 18.0. The highest BCUT2D eigenvalue weighted by Crippen LogP contribution is 2.61. The summed E-state index contributed by atoms with van der Waals surface area (Å²) in [6.45, 7) is 4.11. The maximum atomic E-state index is 12.4. The number of phenols is 1. The van der Waals surface area contributed by atoms with Crippen LogP contribution in [0, 0.1) is 17.3 Å². The van der Waals surface area contributed by atoms with Gasteiger partial charge >= 0.3 is 5.97 Å². The molecule has 30 heavy (non-hydrogen) atoms. The summed E-state index contributed by atoms with van der Waals surface area (Å²) < 4.78 is 16.6. The molecular weight excluding hydrogens is 382 g/mol. The average Bonchev–Trinajstić information content (AvgIpc) is 3.06. The molecule has 0 bridgehead atoms. The summed E-state index contributed by atoms with van der Waals surface area (Å²) in [7, 11) is 0. The van der Waals surface area contributed by atoms with Crippen LogP contribution in [0.5, 0.6) is 5.75 Å². The van der Waals surface area contributed by atoms with E-state index >= 15 is 0 Å². The molecule has 1 unspecified atom stereocenters. The Balaban J connectivity index is 1.34. The smallest absolute Gasteiger partial charge is 0.332 e. The third-order valence-corrected chi connectivity index (χ3v) is 7.75. The van der Waals surface area contributed by atoms with E-state index in [4.69, 9.17) is 19.9 Å². The summed E-state index contributed by atoms with van der Waals surface area (Å²) in [5, 5.41) is 9.84. The van der Waals surface area contributed by atoms with Crippen molar-refractivity contribution >= 4 is 5.97 Å². The van der Waals surface area contributed by atoms with E-state index in [1.165, 1.54) is 11.1 Å². The summed E-state index contributed by atoms with van der Waals surface area (Å²) in [6.07, 6.45) is 6.43. The van der Waals surface area contributed by atoms with Crippen molar-refractivity contribution in [2.75, 3.05) is 33.0 Å². The number of phenolic OH excluding ortho intramolecular Hbond substituents is 1. The fourth-order valence-corrected chi connectivity index (χ4v) is 6.37. The second kappa shape index (κ2) is 9.25. The number of ether oxygens (including phenoxy) is 3.